The monoisotopic (exact) mass is 216 g/mol. The first-order chi connectivity index (χ1) is 6.44. The van der Waals surface area contributed by atoms with E-state index in [1.807, 2.05) is 0 Å². The molecule has 0 heterocycles. The molecule has 2 atom stereocenters. The average Bonchev–Trinajstić information content (AvgIpc) is 2.15. The second-order valence-electron chi connectivity index (χ2n) is 5.06. The molecule has 0 aliphatic heterocycles. The topological polar surface area (TPSA) is 9.23 Å². The zero-order valence-electron chi connectivity index (χ0n) is 10.9. The lowest BCUT2D eigenvalue weighted by Crippen LogP contribution is -2.35. The summed E-state index contributed by atoms with van der Waals surface area (Å²) in [4.78, 5) is 0. The highest BCUT2D eigenvalue weighted by molar-refractivity contribution is 6.72. The largest absolute Gasteiger partial charge is 0.417 e. The van der Waals surface area contributed by atoms with Gasteiger partial charge in [0.05, 0.1) is 0 Å². The van der Waals surface area contributed by atoms with Gasteiger partial charge >= 0.3 is 0 Å². The molecule has 1 nitrogen and oxygen atoms in total. The van der Waals surface area contributed by atoms with E-state index in [4.69, 9.17) is 4.43 Å². The summed E-state index contributed by atoms with van der Waals surface area (Å²) in [6.07, 6.45) is 3.75. The molecule has 0 aromatic heterocycles. The van der Waals surface area contributed by atoms with Crippen LogP contribution >= 0.6 is 0 Å². The van der Waals surface area contributed by atoms with Crippen LogP contribution in [-0.2, 0) is 4.43 Å². The first-order valence-corrected chi connectivity index (χ1v) is 9.06. The standard InChI is InChI=1S/C12H28OSi/c1-7-11(3)9-10-13-14(5,6)12(4)8-2/h11-12H,7-10H2,1-6H3. The summed E-state index contributed by atoms with van der Waals surface area (Å²) in [6.45, 7) is 14.8. The summed E-state index contributed by atoms with van der Waals surface area (Å²) < 4.78 is 6.09. The Kier molecular flexibility index (Phi) is 6.71. The Hall–Kier alpha value is 0.177. The molecule has 2 unspecified atom stereocenters. The maximum Gasteiger partial charge on any atom is 0.189 e. The maximum atomic E-state index is 6.09. The van der Waals surface area contributed by atoms with Gasteiger partial charge in [-0.05, 0) is 31.0 Å². The van der Waals surface area contributed by atoms with Crippen molar-refractivity contribution in [2.24, 2.45) is 5.92 Å². The van der Waals surface area contributed by atoms with Gasteiger partial charge in [0.1, 0.15) is 0 Å². The van der Waals surface area contributed by atoms with Crippen LogP contribution in [0.5, 0.6) is 0 Å². The van der Waals surface area contributed by atoms with Crippen LogP contribution in [0.2, 0.25) is 18.6 Å². The van der Waals surface area contributed by atoms with Crippen LogP contribution < -0.4 is 0 Å². The highest BCUT2D eigenvalue weighted by Gasteiger charge is 2.28. The lowest BCUT2D eigenvalue weighted by atomic mass is 10.1. The molecular formula is C12H28OSi. The van der Waals surface area contributed by atoms with Gasteiger partial charge in [-0.25, -0.2) is 0 Å². The molecule has 0 spiro atoms. The van der Waals surface area contributed by atoms with Crippen LogP contribution in [0.3, 0.4) is 0 Å². The quantitative estimate of drug-likeness (QED) is 0.572. The van der Waals surface area contributed by atoms with E-state index in [2.05, 4.69) is 40.8 Å². The molecule has 14 heavy (non-hydrogen) atoms. The Morgan fingerprint density at radius 3 is 2.07 bits per heavy atom. The van der Waals surface area contributed by atoms with Crippen molar-refractivity contribution in [2.45, 2.75) is 65.6 Å². The summed E-state index contributed by atoms with van der Waals surface area (Å²) in [5, 5.41) is 0. The minimum atomic E-state index is -1.39. The molecule has 0 amide bonds. The number of hydrogen-bond donors (Lipinski definition) is 0. The predicted octanol–water partition coefficient (Wildman–Crippen LogP) is 4.44. The Balaban J connectivity index is 3.76. The van der Waals surface area contributed by atoms with Crippen molar-refractivity contribution in [3.05, 3.63) is 0 Å². The third-order valence-electron chi connectivity index (χ3n) is 3.58. The van der Waals surface area contributed by atoms with Crippen LogP contribution in [0.4, 0.5) is 0 Å². The molecule has 0 fully saturated rings. The fourth-order valence-corrected chi connectivity index (χ4v) is 3.27. The van der Waals surface area contributed by atoms with Crippen LogP contribution in [0.15, 0.2) is 0 Å². The zero-order valence-corrected chi connectivity index (χ0v) is 11.9. The number of rotatable bonds is 7. The van der Waals surface area contributed by atoms with Crippen molar-refractivity contribution in [1.82, 2.24) is 0 Å². The van der Waals surface area contributed by atoms with Gasteiger partial charge in [-0.15, -0.1) is 0 Å². The van der Waals surface area contributed by atoms with Crippen LogP contribution in [0.25, 0.3) is 0 Å². The van der Waals surface area contributed by atoms with E-state index in [0.717, 1.165) is 18.1 Å². The third-order valence-corrected chi connectivity index (χ3v) is 7.31. The molecule has 0 saturated heterocycles. The predicted molar refractivity (Wildman–Crippen MR) is 67.2 cm³/mol. The zero-order chi connectivity index (χ0) is 11.2. The Morgan fingerprint density at radius 2 is 1.64 bits per heavy atom. The van der Waals surface area contributed by atoms with Gasteiger partial charge in [0.2, 0.25) is 0 Å². The van der Waals surface area contributed by atoms with Gasteiger partial charge in [-0.1, -0.05) is 40.5 Å². The molecule has 0 rings (SSSR count). The van der Waals surface area contributed by atoms with E-state index in [0.29, 0.717) is 0 Å². The smallest absolute Gasteiger partial charge is 0.189 e. The number of hydrogen-bond acceptors (Lipinski definition) is 1. The summed E-state index contributed by atoms with van der Waals surface area (Å²) in [6, 6.07) is 0. The van der Waals surface area contributed by atoms with E-state index < -0.39 is 8.32 Å². The van der Waals surface area contributed by atoms with E-state index in [9.17, 15) is 0 Å². The minimum Gasteiger partial charge on any atom is -0.417 e. The van der Waals surface area contributed by atoms with Gasteiger partial charge in [-0.3, -0.25) is 0 Å². The summed E-state index contributed by atoms with van der Waals surface area (Å²) in [5.41, 5.74) is 0.777. The molecule has 0 bridgehead atoms. The van der Waals surface area contributed by atoms with Crippen molar-refractivity contribution < 1.29 is 4.43 Å². The molecule has 0 saturated carbocycles. The first-order valence-electron chi connectivity index (χ1n) is 6.08. The second kappa shape index (κ2) is 6.62. The van der Waals surface area contributed by atoms with E-state index >= 15 is 0 Å². The minimum absolute atomic E-state index is 0.777. The van der Waals surface area contributed by atoms with Crippen molar-refractivity contribution in [3.63, 3.8) is 0 Å². The molecule has 0 aliphatic carbocycles. The van der Waals surface area contributed by atoms with Gasteiger partial charge in [0, 0.05) is 6.61 Å². The second-order valence-corrected chi connectivity index (χ2v) is 9.54. The lowest BCUT2D eigenvalue weighted by Gasteiger charge is -2.29. The molecule has 0 aliphatic rings. The SMILES string of the molecule is CCC(C)CCO[Si](C)(C)C(C)CC. The van der Waals surface area contributed by atoms with Crippen molar-refractivity contribution >= 4 is 8.32 Å². The Morgan fingerprint density at radius 1 is 1.07 bits per heavy atom. The van der Waals surface area contributed by atoms with Crippen LogP contribution in [0.1, 0.15) is 47.0 Å². The highest BCUT2D eigenvalue weighted by Crippen LogP contribution is 2.25. The Bertz CT molecular complexity index is 145. The molecule has 0 aromatic carbocycles. The summed E-state index contributed by atoms with van der Waals surface area (Å²) in [7, 11) is -1.39. The molecule has 0 N–H and O–H groups in total. The molecule has 0 radical (unpaired) electrons. The van der Waals surface area contributed by atoms with Gasteiger partial charge in [0.25, 0.3) is 0 Å². The van der Waals surface area contributed by atoms with Gasteiger partial charge < -0.3 is 4.43 Å². The maximum absolute atomic E-state index is 6.09. The van der Waals surface area contributed by atoms with Crippen LogP contribution in [-0.4, -0.2) is 14.9 Å². The lowest BCUT2D eigenvalue weighted by molar-refractivity contribution is 0.266. The summed E-state index contributed by atoms with van der Waals surface area (Å²) in [5.74, 6) is 0.816. The van der Waals surface area contributed by atoms with E-state index in [1.165, 1.54) is 19.3 Å². The van der Waals surface area contributed by atoms with Gasteiger partial charge in [-0.2, -0.15) is 0 Å². The molecule has 86 valence electrons. The first kappa shape index (κ1) is 14.2. The normalized spacial score (nSPS) is 16.7. The van der Waals surface area contributed by atoms with Crippen LogP contribution in [0, 0.1) is 5.92 Å². The Labute approximate surface area is 91.4 Å². The fraction of sp³-hybridized carbons (Fsp3) is 1.00. The molecular weight excluding hydrogens is 188 g/mol. The molecule has 0 aromatic rings. The van der Waals surface area contributed by atoms with E-state index in [-0.39, 0.29) is 0 Å². The summed E-state index contributed by atoms with van der Waals surface area (Å²) >= 11 is 0. The van der Waals surface area contributed by atoms with Crippen molar-refractivity contribution in [2.75, 3.05) is 6.61 Å². The van der Waals surface area contributed by atoms with E-state index in [1.54, 1.807) is 0 Å². The highest BCUT2D eigenvalue weighted by atomic mass is 28.4. The molecule has 2 heteroatoms. The van der Waals surface area contributed by atoms with Gasteiger partial charge in [0.15, 0.2) is 8.32 Å². The third kappa shape index (κ3) is 5.16. The van der Waals surface area contributed by atoms with Crippen molar-refractivity contribution in [1.29, 1.82) is 0 Å². The van der Waals surface area contributed by atoms with Crippen molar-refractivity contribution in [3.8, 4) is 0 Å². The fourth-order valence-electron chi connectivity index (χ4n) is 1.36. The average molecular weight is 216 g/mol.